The smallest absolute Gasteiger partial charge is 0.330 e. The Labute approximate surface area is 141 Å². The lowest BCUT2D eigenvalue weighted by atomic mass is 10.1. The van der Waals surface area contributed by atoms with Gasteiger partial charge in [0.05, 0.1) is 7.11 Å². The molecule has 1 unspecified atom stereocenters. The van der Waals surface area contributed by atoms with E-state index in [0.29, 0.717) is 5.57 Å². The molecule has 0 N–H and O–H groups in total. The highest BCUT2D eigenvalue weighted by Crippen LogP contribution is 2.28. The molecule has 0 bridgehead atoms. The Balaban J connectivity index is 2.90. The fraction of sp³-hybridized carbons (Fsp3) is 0.368. The van der Waals surface area contributed by atoms with Crippen LogP contribution in [0.3, 0.4) is 0 Å². The maximum Gasteiger partial charge on any atom is 0.330 e. The van der Waals surface area contributed by atoms with Gasteiger partial charge < -0.3 is 4.74 Å². The minimum atomic E-state index is -0.465. The molecule has 1 aromatic rings. The molecule has 1 heterocycles. The van der Waals surface area contributed by atoms with Gasteiger partial charge in [-0.15, -0.1) is 11.3 Å². The molecule has 1 atom stereocenters. The summed E-state index contributed by atoms with van der Waals surface area (Å²) < 4.78 is 18.6. The van der Waals surface area contributed by atoms with Crippen LogP contribution in [0.15, 0.2) is 35.4 Å². The van der Waals surface area contributed by atoms with Crippen molar-refractivity contribution >= 4 is 23.4 Å². The van der Waals surface area contributed by atoms with Crippen molar-refractivity contribution in [3.05, 3.63) is 56.2 Å². The van der Waals surface area contributed by atoms with Gasteiger partial charge in [-0.25, -0.2) is 9.18 Å². The summed E-state index contributed by atoms with van der Waals surface area (Å²) in [6, 6.07) is 0. The number of methoxy groups -OCH3 is 1. The third kappa shape index (κ3) is 5.66. The van der Waals surface area contributed by atoms with Crippen LogP contribution in [0.4, 0.5) is 4.39 Å². The number of rotatable bonds is 5. The summed E-state index contributed by atoms with van der Waals surface area (Å²) >= 11 is 1.75. The number of esters is 1. The predicted octanol–water partition coefficient (Wildman–Crippen LogP) is 5.45. The first-order chi connectivity index (χ1) is 10.8. The largest absolute Gasteiger partial charge is 0.466 e. The standard InChI is InChI=1S/C19H23FO2S/c1-12(11-19(21)22-6)7-10-18(20)13(2)8-9-17-14(3)15(4)23-16(17)5/h7-9,11,13H,1-6H3. The van der Waals surface area contributed by atoms with Gasteiger partial charge in [-0.2, -0.15) is 0 Å². The maximum absolute atomic E-state index is 14.1. The van der Waals surface area contributed by atoms with Gasteiger partial charge in [0.1, 0.15) is 5.83 Å². The lowest BCUT2D eigenvalue weighted by molar-refractivity contribution is -0.134. The molecule has 0 amide bonds. The first kappa shape index (κ1) is 19.1. The average molecular weight is 334 g/mol. The lowest BCUT2D eigenvalue weighted by Crippen LogP contribution is -1.94. The van der Waals surface area contributed by atoms with E-state index in [2.05, 4.69) is 31.2 Å². The third-order valence-electron chi connectivity index (χ3n) is 3.55. The number of hydrogen-bond acceptors (Lipinski definition) is 3. The van der Waals surface area contributed by atoms with Gasteiger partial charge in [-0.3, -0.25) is 0 Å². The molecule has 2 nitrogen and oxygen atoms in total. The zero-order valence-electron chi connectivity index (χ0n) is 14.5. The zero-order valence-corrected chi connectivity index (χ0v) is 15.3. The van der Waals surface area contributed by atoms with Gasteiger partial charge in [0.25, 0.3) is 0 Å². The van der Waals surface area contributed by atoms with E-state index in [4.69, 9.17) is 0 Å². The minimum absolute atomic E-state index is 0.374. The summed E-state index contributed by atoms with van der Waals surface area (Å²) in [5.41, 5.74) is 5.58. The number of carbonyl (C=O) groups excluding carboxylic acids is 1. The van der Waals surface area contributed by atoms with Crippen LogP contribution in [-0.2, 0) is 9.53 Å². The quantitative estimate of drug-likeness (QED) is 0.310. The summed E-state index contributed by atoms with van der Waals surface area (Å²) in [6.07, 6.45) is 6.54. The maximum atomic E-state index is 14.1. The fourth-order valence-corrected chi connectivity index (χ4v) is 3.04. The monoisotopic (exact) mass is 334 g/mol. The first-order valence-corrected chi connectivity index (χ1v) is 8.21. The fourth-order valence-electron chi connectivity index (χ4n) is 1.98. The molecule has 0 aliphatic rings. The molecule has 0 saturated heterocycles. The van der Waals surface area contributed by atoms with Crippen LogP contribution in [0.5, 0.6) is 0 Å². The summed E-state index contributed by atoms with van der Waals surface area (Å²) in [7, 11) is 1.30. The number of halogens is 1. The van der Waals surface area contributed by atoms with Gasteiger partial charge in [0.2, 0.25) is 0 Å². The van der Waals surface area contributed by atoms with Crippen LogP contribution < -0.4 is 0 Å². The molecule has 23 heavy (non-hydrogen) atoms. The van der Waals surface area contributed by atoms with Gasteiger partial charge in [0.15, 0.2) is 0 Å². The number of thiophene rings is 1. The Hall–Kier alpha value is -1.90. The van der Waals surface area contributed by atoms with Crippen molar-refractivity contribution in [2.45, 2.75) is 34.6 Å². The van der Waals surface area contributed by atoms with Gasteiger partial charge in [-0.1, -0.05) is 24.8 Å². The highest BCUT2D eigenvalue weighted by atomic mass is 32.1. The molecule has 0 radical (unpaired) electrons. The summed E-state index contributed by atoms with van der Waals surface area (Å²) in [5.74, 6) is -1.22. The third-order valence-corrected chi connectivity index (χ3v) is 4.69. The summed E-state index contributed by atoms with van der Waals surface area (Å²) in [5, 5.41) is 0. The molecule has 0 aromatic carbocycles. The van der Waals surface area contributed by atoms with Crippen molar-refractivity contribution in [2.24, 2.45) is 5.92 Å². The van der Waals surface area contributed by atoms with E-state index in [1.807, 2.05) is 12.2 Å². The highest BCUT2D eigenvalue weighted by molar-refractivity contribution is 7.12. The second-order valence-electron chi connectivity index (χ2n) is 5.45. The summed E-state index contributed by atoms with van der Waals surface area (Å²) in [6.45, 7) is 9.71. The normalized spacial score (nSPS) is 12.9. The van der Waals surface area contributed by atoms with Crippen molar-refractivity contribution in [1.82, 2.24) is 0 Å². The average Bonchev–Trinajstić information content (AvgIpc) is 2.75. The molecule has 1 rings (SSSR count). The zero-order chi connectivity index (χ0) is 17.6. The molecule has 1 aromatic heterocycles. The van der Waals surface area contributed by atoms with Crippen LogP contribution in [0.2, 0.25) is 0 Å². The van der Waals surface area contributed by atoms with E-state index in [1.165, 1.54) is 34.6 Å². The molecule has 0 spiro atoms. The Morgan fingerprint density at radius 2 is 1.96 bits per heavy atom. The lowest BCUT2D eigenvalue weighted by Gasteiger charge is -2.01. The molecule has 0 fully saturated rings. The Morgan fingerprint density at radius 3 is 2.48 bits per heavy atom. The van der Waals surface area contributed by atoms with Gasteiger partial charge in [0, 0.05) is 21.7 Å². The highest BCUT2D eigenvalue weighted by Gasteiger charge is 2.08. The van der Waals surface area contributed by atoms with Crippen LogP contribution in [-0.4, -0.2) is 13.1 Å². The first-order valence-electron chi connectivity index (χ1n) is 7.39. The van der Waals surface area contributed by atoms with E-state index >= 15 is 0 Å². The minimum Gasteiger partial charge on any atom is -0.466 e. The molecule has 4 heteroatoms. The molecular weight excluding hydrogens is 311 g/mol. The second kappa shape index (κ2) is 8.66. The van der Waals surface area contributed by atoms with Crippen molar-refractivity contribution in [2.75, 3.05) is 7.11 Å². The van der Waals surface area contributed by atoms with Crippen LogP contribution in [0, 0.1) is 26.7 Å². The van der Waals surface area contributed by atoms with Crippen LogP contribution in [0.25, 0.3) is 6.08 Å². The van der Waals surface area contributed by atoms with Crippen molar-refractivity contribution in [1.29, 1.82) is 0 Å². The van der Waals surface area contributed by atoms with E-state index in [9.17, 15) is 9.18 Å². The number of hydrogen-bond donors (Lipinski definition) is 0. The van der Waals surface area contributed by atoms with Crippen LogP contribution in [0.1, 0.15) is 34.7 Å². The second-order valence-corrected chi connectivity index (χ2v) is 6.88. The van der Waals surface area contributed by atoms with E-state index in [1.54, 1.807) is 25.2 Å². The number of allylic oxidation sites excluding steroid dienone is 3. The molecular formula is C19H23FO2S. The van der Waals surface area contributed by atoms with Crippen molar-refractivity contribution in [3.63, 3.8) is 0 Å². The summed E-state index contributed by atoms with van der Waals surface area (Å²) in [4.78, 5) is 13.6. The molecule has 0 saturated carbocycles. The Bertz CT molecular complexity index is 701. The van der Waals surface area contributed by atoms with E-state index < -0.39 is 5.97 Å². The topological polar surface area (TPSA) is 26.3 Å². The van der Waals surface area contributed by atoms with Gasteiger partial charge in [-0.05, 0) is 50.5 Å². The predicted molar refractivity (Wildman–Crippen MR) is 95.2 cm³/mol. The van der Waals surface area contributed by atoms with Crippen molar-refractivity contribution in [3.8, 4) is 0 Å². The number of ether oxygens (including phenoxy) is 1. The van der Waals surface area contributed by atoms with Crippen LogP contribution >= 0.6 is 11.3 Å². The Kier molecular flexibility index (Phi) is 7.21. The number of carbonyl (C=O) groups is 1. The van der Waals surface area contributed by atoms with E-state index in [0.717, 1.165) is 5.56 Å². The van der Waals surface area contributed by atoms with Gasteiger partial charge >= 0.3 is 5.97 Å². The van der Waals surface area contributed by atoms with Crippen molar-refractivity contribution < 1.29 is 13.9 Å². The molecule has 124 valence electrons. The molecule has 0 aliphatic carbocycles. The van der Waals surface area contributed by atoms with E-state index in [-0.39, 0.29) is 11.7 Å². The molecule has 0 aliphatic heterocycles. The number of aryl methyl sites for hydroxylation is 2. The Morgan fingerprint density at radius 1 is 1.30 bits per heavy atom. The SMILES string of the molecule is COC(=O)C=C(C)C=C=C(F)C(C)C=Cc1c(C)sc(C)c1C.